The number of halogens is 1. The minimum atomic E-state index is -0.195. The summed E-state index contributed by atoms with van der Waals surface area (Å²) in [6, 6.07) is 5.06. The van der Waals surface area contributed by atoms with Crippen LogP contribution in [0.2, 0.25) is 0 Å². The molecule has 0 aliphatic rings. The van der Waals surface area contributed by atoms with Gasteiger partial charge in [-0.25, -0.2) is 14.4 Å². The van der Waals surface area contributed by atoms with Crippen molar-refractivity contribution in [3.05, 3.63) is 41.0 Å². The van der Waals surface area contributed by atoms with E-state index >= 15 is 0 Å². The first-order valence-electron chi connectivity index (χ1n) is 6.38. The zero-order valence-corrected chi connectivity index (χ0v) is 11.7. The highest BCUT2D eigenvalue weighted by Gasteiger charge is 2.11. The number of aromatic nitrogens is 2. The van der Waals surface area contributed by atoms with E-state index in [4.69, 9.17) is 0 Å². The highest BCUT2D eigenvalue weighted by atomic mass is 19.1. The van der Waals surface area contributed by atoms with E-state index in [9.17, 15) is 4.39 Å². The molecule has 0 fully saturated rings. The predicted molar refractivity (Wildman–Crippen MR) is 75.8 cm³/mol. The second kappa shape index (κ2) is 5.34. The largest absolute Gasteiger partial charge is 0.370 e. The molecule has 0 aliphatic heterocycles. The lowest BCUT2D eigenvalue weighted by Crippen LogP contribution is -2.06. The molecule has 0 saturated heterocycles. The minimum absolute atomic E-state index is 0.195. The average molecular weight is 259 g/mol. The summed E-state index contributed by atoms with van der Waals surface area (Å²) in [5, 5.41) is 3.23. The third-order valence-electron chi connectivity index (χ3n) is 3.03. The second-order valence-corrected chi connectivity index (χ2v) is 4.59. The number of hydrogen-bond donors (Lipinski definition) is 1. The van der Waals surface area contributed by atoms with Crippen LogP contribution in [-0.2, 0) is 0 Å². The average Bonchev–Trinajstić information content (AvgIpc) is 2.37. The van der Waals surface area contributed by atoms with Crippen LogP contribution in [-0.4, -0.2) is 16.5 Å². The Morgan fingerprint density at radius 2 is 1.89 bits per heavy atom. The van der Waals surface area contributed by atoms with Crippen LogP contribution in [0, 0.1) is 26.6 Å². The Morgan fingerprint density at radius 1 is 1.16 bits per heavy atom. The van der Waals surface area contributed by atoms with Crippen LogP contribution in [0.25, 0.3) is 11.3 Å². The van der Waals surface area contributed by atoms with Gasteiger partial charge in [0, 0.05) is 17.7 Å². The van der Waals surface area contributed by atoms with Crippen molar-refractivity contribution in [1.82, 2.24) is 9.97 Å². The summed E-state index contributed by atoms with van der Waals surface area (Å²) >= 11 is 0. The van der Waals surface area contributed by atoms with Crippen LogP contribution < -0.4 is 5.32 Å². The molecule has 1 N–H and O–H groups in total. The van der Waals surface area contributed by atoms with Crippen LogP contribution in [0.4, 0.5) is 10.2 Å². The lowest BCUT2D eigenvalue weighted by molar-refractivity contribution is 0.618. The topological polar surface area (TPSA) is 37.8 Å². The Bertz CT molecular complexity index is 609. The molecule has 2 rings (SSSR count). The summed E-state index contributed by atoms with van der Waals surface area (Å²) < 4.78 is 13.3. The molecule has 0 radical (unpaired) electrons. The SMILES string of the molecule is CCNc1nc(C)nc(-c2ccc(F)c(C)c2)c1C. The number of anilines is 1. The quantitative estimate of drug-likeness (QED) is 0.914. The fourth-order valence-corrected chi connectivity index (χ4v) is 2.04. The molecule has 0 aliphatic carbocycles. The third-order valence-corrected chi connectivity index (χ3v) is 3.03. The summed E-state index contributed by atoms with van der Waals surface area (Å²) in [7, 11) is 0. The maximum atomic E-state index is 13.3. The Hall–Kier alpha value is -1.97. The smallest absolute Gasteiger partial charge is 0.133 e. The maximum Gasteiger partial charge on any atom is 0.133 e. The van der Waals surface area contributed by atoms with Crippen molar-refractivity contribution < 1.29 is 4.39 Å². The Labute approximate surface area is 112 Å². The van der Waals surface area contributed by atoms with E-state index in [-0.39, 0.29) is 5.82 Å². The monoisotopic (exact) mass is 259 g/mol. The molecule has 19 heavy (non-hydrogen) atoms. The maximum absolute atomic E-state index is 13.3. The van der Waals surface area contributed by atoms with Gasteiger partial charge in [-0.1, -0.05) is 0 Å². The van der Waals surface area contributed by atoms with Crippen LogP contribution >= 0.6 is 0 Å². The van der Waals surface area contributed by atoms with Crippen molar-refractivity contribution >= 4 is 5.82 Å². The molecule has 1 aromatic carbocycles. The van der Waals surface area contributed by atoms with Gasteiger partial charge in [-0.2, -0.15) is 0 Å². The van der Waals surface area contributed by atoms with Gasteiger partial charge in [0.1, 0.15) is 17.5 Å². The van der Waals surface area contributed by atoms with Crippen molar-refractivity contribution in [2.75, 3.05) is 11.9 Å². The first-order chi connectivity index (χ1) is 9.02. The van der Waals surface area contributed by atoms with Crippen molar-refractivity contribution in [2.24, 2.45) is 0 Å². The van der Waals surface area contributed by atoms with Gasteiger partial charge in [0.15, 0.2) is 0 Å². The van der Waals surface area contributed by atoms with Gasteiger partial charge < -0.3 is 5.32 Å². The third kappa shape index (κ3) is 2.72. The van der Waals surface area contributed by atoms with Gasteiger partial charge in [0.25, 0.3) is 0 Å². The molecule has 0 bridgehead atoms. The number of aryl methyl sites for hydroxylation is 2. The molecule has 0 amide bonds. The van der Waals surface area contributed by atoms with Crippen molar-refractivity contribution in [3.8, 4) is 11.3 Å². The molecule has 0 spiro atoms. The molecule has 2 aromatic rings. The van der Waals surface area contributed by atoms with Crippen LogP contribution in [0.15, 0.2) is 18.2 Å². The number of nitrogens with zero attached hydrogens (tertiary/aromatic N) is 2. The molecule has 4 heteroatoms. The number of rotatable bonds is 3. The normalized spacial score (nSPS) is 10.6. The zero-order valence-electron chi connectivity index (χ0n) is 11.7. The highest BCUT2D eigenvalue weighted by molar-refractivity contribution is 5.68. The molecule has 0 atom stereocenters. The number of nitrogens with one attached hydrogen (secondary N) is 1. The first-order valence-corrected chi connectivity index (χ1v) is 6.38. The standard InChI is InChI=1S/C15H18FN3/c1-5-17-15-10(3)14(18-11(4)19-15)12-6-7-13(16)9(2)8-12/h6-8H,5H2,1-4H3,(H,17,18,19). The van der Waals surface area contributed by atoms with Crippen molar-refractivity contribution in [2.45, 2.75) is 27.7 Å². The Morgan fingerprint density at radius 3 is 2.53 bits per heavy atom. The van der Waals surface area contributed by atoms with Crippen molar-refractivity contribution in [1.29, 1.82) is 0 Å². The van der Waals surface area contributed by atoms with E-state index in [2.05, 4.69) is 15.3 Å². The van der Waals surface area contributed by atoms with Gasteiger partial charge >= 0.3 is 0 Å². The summed E-state index contributed by atoms with van der Waals surface area (Å²) in [5.74, 6) is 1.35. The van der Waals surface area contributed by atoms with E-state index in [0.717, 1.165) is 29.2 Å². The van der Waals surface area contributed by atoms with Crippen LogP contribution in [0.5, 0.6) is 0 Å². The fourth-order valence-electron chi connectivity index (χ4n) is 2.04. The van der Waals surface area contributed by atoms with E-state index in [1.165, 1.54) is 6.07 Å². The zero-order chi connectivity index (χ0) is 14.0. The van der Waals surface area contributed by atoms with Gasteiger partial charge in [-0.05, 0) is 51.5 Å². The van der Waals surface area contributed by atoms with Gasteiger partial charge in [0.2, 0.25) is 0 Å². The Kier molecular flexibility index (Phi) is 3.79. The second-order valence-electron chi connectivity index (χ2n) is 4.59. The van der Waals surface area contributed by atoms with E-state index in [1.807, 2.05) is 26.8 Å². The van der Waals surface area contributed by atoms with Gasteiger partial charge in [-0.3, -0.25) is 0 Å². The molecule has 100 valence electrons. The van der Waals surface area contributed by atoms with Gasteiger partial charge in [0.05, 0.1) is 5.69 Å². The molecular weight excluding hydrogens is 241 g/mol. The van der Waals surface area contributed by atoms with Crippen LogP contribution in [0.3, 0.4) is 0 Å². The number of benzene rings is 1. The highest BCUT2D eigenvalue weighted by Crippen LogP contribution is 2.27. The minimum Gasteiger partial charge on any atom is -0.370 e. The van der Waals surface area contributed by atoms with E-state index < -0.39 is 0 Å². The van der Waals surface area contributed by atoms with Crippen LogP contribution in [0.1, 0.15) is 23.9 Å². The number of hydrogen-bond acceptors (Lipinski definition) is 3. The lowest BCUT2D eigenvalue weighted by atomic mass is 10.0. The molecule has 1 heterocycles. The lowest BCUT2D eigenvalue weighted by Gasteiger charge is -2.12. The summed E-state index contributed by atoms with van der Waals surface area (Å²) in [4.78, 5) is 8.88. The Balaban J connectivity index is 2.57. The molecule has 0 unspecified atom stereocenters. The molecule has 3 nitrogen and oxygen atoms in total. The summed E-state index contributed by atoms with van der Waals surface area (Å²) in [5.41, 5.74) is 3.38. The molecule has 1 aromatic heterocycles. The first kappa shape index (κ1) is 13.5. The summed E-state index contributed by atoms with van der Waals surface area (Å²) in [6.07, 6.45) is 0. The van der Waals surface area contributed by atoms with Crippen molar-refractivity contribution in [3.63, 3.8) is 0 Å². The van der Waals surface area contributed by atoms with E-state index in [0.29, 0.717) is 11.4 Å². The summed E-state index contributed by atoms with van der Waals surface area (Å²) in [6.45, 7) is 8.43. The van der Waals surface area contributed by atoms with E-state index in [1.54, 1.807) is 13.0 Å². The predicted octanol–water partition coefficient (Wildman–Crippen LogP) is 3.64. The molecule has 0 saturated carbocycles. The fraction of sp³-hybridized carbons (Fsp3) is 0.333. The molecular formula is C15H18FN3. The van der Waals surface area contributed by atoms with Gasteiger partial charge in [-0.15, -0.1) is 0 Å².